The summed E-state index contributed by atoms with van der Waals surface area (Å²) >= 11 is -1.48. The maximum Gasteiger partial charge on any atom is 0.357 e. The predicted molar refractivity (Wildman–Crippen MR) is 69.9 cm³/mol. The number of carbonyl (C=O) groups is 1. The SMILES string of the molecule is Cc1nc(N(c2scnc2C(=O)O)S(=O)O)cn1C. The topological polar surface area (TPSA) is 109 Å². The van der Waals surface area contributed by atoms with Crippen LogP contribution in [0.4, 0.5) is 10.8 Å². The second-order valence-corrected chi connectivity index (χ2v) is 5.25. The number of aromatic nitrogens is 3. The van der Waals surface area contributed by atoms with Gasteiger partial charge < -0.3 is 9.67 Å². The van der Waals surface area contributed by atoms with Gasteiger partial charge in [-0.2, -0.15) is 0 Å². The van der Waals surface area contributed by atoms with Crippen molar-refractivity contribution in [1.29, 1.82) is 0 Å². The third-order valence-electron chi connectivity index (χ3n) is 2.40. The van der Waals surface area contributed by atoms with Crippen molar-refractivity contribution in [2.24, 2.45) is 7.05 Å². The van der Waals surface area contributed by atoms with Crippen LogP contribution in [-0.4, -0.2) is 34.4 Å². The van der Waals surface area contributed by atoms with Crippen molar-refractivity contribution in [3.63, 3.8) is 0 Å². The van der Waals surface area contributed by atoms with E-state index in [1.54, 1.807) is 18.5 Å². The molecule has 2 N–H and O–H groups in total. The summed E-state index contributed by atoms with van der Waals surface area (Å²) in [5.41, 5.74) is 1.02. The monoisotopic (exact) mass is 302 g/mol. The van der Waals surface area contributed by atoms with Gasteiger partial charge in [-0.25, -0.2) is 23.3 Å². The van der Waals surface area contributed by atoms with Gasteiger partial charge in [0.25, 0.3) is 11.3 Å². The molecular formula is C9H10N4O4S2. The van der Waals surface area contributed by atoms with Crippen LogP contribution in [0.25, 0.3) is 0 Å². The quantitative estimate of drug-likeness (QED) is 0.820. The molecule has 10 heteroatoms. The van der Waals surface area contributed by atoms with E-state index in [2.05, 4.69) is 9.97 Å². The lowest BCUT2D eigenvalue weighted by atomic mass is 10.4. The number of hydrogen-bond acceptors (Lipinski definition) is 5. The van der Waals surface area contributed by atoms with E-state index in [9.17, 15) is 13.6 Å². The van der Waals surface area contributed by atoms with Gasteiger partial charge in [0, 0.05) is 13.2 Å². The molecule has 0 aliphatic rings. The Kier molecular flexibility index (Phi) is 3.64. The molecule has 2 aromatic heterocycles. The lowest BCUT2D eigenvalue weighted by Crippen LogP contribution is -2.21. The van der Waals surface area contributed by atoms with Crippen LogP contribution in [0.2, 0.25) is 0 Å². The number of hydrogen-bond donors (Lipinski definition) is 2. The molecule has 0 saturated carbocycles. The Balaban J connectivity index is 2.55. The second-order valence-electron chi connectivity index (χ2n) is 3.59. The second kappa shape index (κ2) is 5.07. The fraction of sp³-hybridized carbons (Fsp3) is 0.222. The largest absolute Gasteiger partial charge is 0.476 e. The van der Waals surface area contributed by atoms with Gasteiger partial charge in [0.2, 0.25) is 0 Å². The lowest BCUT2D eigenvalue weighted by Gasteiger charge is -2.14. The van der Waals surface area contributed by atoms with Gasteiger partial charge in [-0.05, 0) is 6.92 Å². The standard InChI is InChI=1S/C9H10N4O4S2/c1-5-11-6(3-12(5)2)13(19(16)17)8-7(9(14)15)10-4-18-8/h3-4H,1-2H3,(H,14,15)(H,16,17). The highest BCUT2D eigenvalue weighted by Gasteiger charge is 2.26. The summed E-state index contributed by atoms with van der Waals surface area (Å²) in [5, 5.41) is 9.06. The molecular weight excluding hydrogens is 292 g/mol. The molecule has 19 heavy (non-hydrogen) atoms. The Labute approximate surface area is 114 Å². The lowest BCUT2D eigenvalue weighted by molar-refractivity contribution is 0.0692. The summed E-state index contributed by atoms with van der Waals surface area (Å²) in [6.07, 6.45) is 1.54. The van der Waals surface area contributed by atoms with Gasteiger partial charge in [0.15, 0.2) is 11.5 Å². The van der Waals surface area contributed by atoms with Crippen molar-refractivity contribution in [2.75, 3.05) is 4.31 Å². The number of aryl methyl sites for hydroxylation is 2. The van der Waals surface area contributed by atoms with Gasteiger partial charge in [-0.15, -0.1) is 11.3 Å². The van der Waals surface area contributed by atoms with Crippen molar-refractivity contribution in [3.8, 4) is 0 Å². The first kappa shape index (κ1) is 13.6. The number of imidazole rings is 1. The van der Waals surface area contributed by atoms with Crippen LogP contribution in [0.5, 0.6) is 0 Å². The minimum atomic E-state index is -2.44. The zero-order valence-electron chi connectivity index (χ0n) is 9.97. The fourth-order valence-electron chi connectivity index (χ4n) is 1.42. The molecule has 0 amide bonds. The first-order valence-electron chi connectivity index (χ1n) is 4.99. The predicted octanol–water partition coefficient (Wildman–Crippen LogP) is 1.16. The van der Waals surface area contributed by atoms with Crippen LogP contribution >= 0.6 is 11.3 Å². The zero-order valence-corrected chi connectivity index (χ0v) is 11.6. The van der Waals surface area contributed by atoms with E-state index in [1.807, 2.05) is 0 Å². The van der Waals surface area contributed by atoms with E-state index in [1.165, 1.54) is 11.7 Å². The molecule has 102 valence electrons. The Hall–Kier alpha value is -1.78. The van der Waals surface area contributed by atoms with E-state index in [0.717, 1.165) is 15.6 Å². The van der Waals surface area contributed by atoms with Crippen LogP contribution in [0, 0.1) is 6.92 Å². The molecule has 0 aromatic carbocycles. The molecule has 8 nitrogen and oxygen atoms in total. The number of nitrogens with zero attached hydrogens (tertiary/aromatic N) is 4. The number of aromatic carboxylic acids is 1. The van der Waals surface area contributed by atoms with Gasteiger partial charge in [-0.3, -0.25) is 4.55 Å². The minimum Gasteiger partial charge on any atom is -0.476 e. The first-order chi connectivity index (χ1) is 8.91. The third-order valence-corrected chi connectivity index (χ3v) is 4.00. The van der Waals surface area contributed by atoms with Crippen LogP contribution in [0.3, 0.4) is 0 Å². The molecule has 0 bridgehead atoms. The van der Waals surface area contributed by atoms with Crippen molar-refractivity contribution in [1.82, 2.24) is 14.5 Å². The van der Waals surface area contributed by atoms with Crippen molar-refractivity contribution in [3.05, 3.63) is 23.2 Å². The molecule has 2 rings (SSSR count). The van der Waals surface area contributed by atoms with Crippen LogP contribution in [-0.2, 0) is 18.3 Å². The number of rotatable bonds is 4. The highest BCUT2D eigenvalue weighted by Crippen LogP contribution is 2.32. The average Bonchev–Trinajstić information content (AvgIpc) is 2.88. The summed E-state index contributed by atoms with van der Waals surface area (Å²) in [5.74, 6) is -0.446. The van der Waals surface area contributed by atoms with Gasteiger partial charge >= 0.3 is 5.97 Å². The number of thiazole rings is 1. The summed E-state index contributed by atoms with van der Waals surface area (Å²) < 4.78 is 23.4. The molecule has 0 spiro atoms. The maximum atomic E-state index is 11.5. The van der Waals surface area contributed by atoms with E-state index in [4.69, 9.17) is 5.11 Å². The van der Waals surface area contributed by atoms with Crippen LogP contribution in [0.15, 0.2) is 11.7 Å². The Bertz CT molecular complexity index is 631. The molecule has 1 unspecified atom stereocenters. The fourth-order valence-corrected chi connectivity index (χ4v) is 2.92. The molecule has 0 aliphatic heterocycles. The first-order valence-corrected chi connectivity index (χ1v) is 6.94. The van der Waals surface area contributed by atoms with Gasteiger partial charge in [0.05, 0.1) is 5.51 Å². The van der Waals surface area contributed by atoms with Gasteiger partial charge in [0.1, 0.15) is 10.8 Å². The van der Waals surface area contributed by atoms with Crippen molar-refractivity contribution in [2.45, 2.75) is 6.92 Å². The summed E-state index contributed by atoms with van der Waals surface area (Å²) in [7, 11) is 1.73. The van der Waals surface area contributed by atoms with Crippen LogP contribution < -0.4 is 4.31 Å². The molecule has 1 atom stereocenters. The van der Waals surface area contributed by atoms with E-state index in [-0.39, 0.29) is 16.5 Å². The van der Waals surface area contributed by atoms with Gasteiger partial charge in [-0.1, -0.05) is 0 Å². The Morgan fingerprint density at radius 3 is 2.74 bits per heavy atom. The molecule has 0 aliphatic carbocycles. The molecule has 2 heterocycles. The summed E-state index contributed by atoms with van der Waals surface area (Å²) in [6.45, 7) is 1.73. The average molecular weight is 302 g/mol. The maximum absolute atomic E-state index is 11.5. The zero-order chi connectivity index (χ0) is 14.2. The van der Waals surface area contributed by atoms with E-state index in [0.29, 0.717) is 5.82 Å². The molecule has 0 radical (unpaired) electrons. The normalized spacial score (nSPS) is 12.4. The van der Waals surface area contributed by atoms with Crippen LogP contribution in [0.1, 0.15) is 16.3 Å². The van der Waals surface area contributed by atoms with E-state index >= 15 is 0 Å². The van der Waals surface area contributed by atoms with Crippen molar-refractivity contribution < 1.29 is 18.7 Å². The molecule has 0 fully saturated rings. The highest BCUT2D eigenvalue weighted by molar-refractivity contribution is 7.81. The summed E-state index contributed by atoms with van der Waals surface area (Å²) in [4.78, 5) is 18.8. The summed E-state index contributed by atoms with van der Waals surface area (Å²) in [6, 6.07) is 0. The number of carboxylic acids is 1. The number of carboxylic acid groups (broad SMARTS) is 1. The molecule has 2 aromatic rings. The minimum absolute atomic E-state index is 0.0615. The Morgan fingerprint density at radius 1 is 1.58 bits per heavy atom. The highest BCUT2D eigenvalue weighted by atomic mass is 32.2. The Morgan fingerprint density at radius 2 is 2.26 bits per heavy atom. The molecule has 0 saturated heterocycles. The van der Waals surface area contributed by atoms with E-state index < -0.39 is 17.2 Å². The number of anilines is 2. The third kappa shape index (κ3) is 2.50. The smallest absolute Gasteiger partial charge is 0.357 e. The van der Waals surface area contributed by atoms with Crippen molar-refractivity contribution >= 4 is 39.4 Å².